The van der Waals surface area contributed by atoms with E-state index in [9.17, 15) is 9.18 Å². The maximum atomic E-state index is 13.7. The number of aromatic nitrogens is 1. The highest BCUT2D eigenvalue weighted by Gasteiger charge is 2.09. The minimum atomic E-state index is -0.450. The Morgan fingerprint density at radius 2 is 2.07 bits per heavy atom. The van der Waals surface area contributed by atoms with Crippen LogP contribution in [0.3, 0.4) is 0 Å². The van der Waals surface area contributed by atoms with E-state index in [0.29, 0.717) is 11.3 Å². The number of rotatable bonds is 6. The summed E-state index contributed by atoms with van der Waals surface area (Å²) in [6.07, 6.45) is 3.01. The first kappa shape index (κ1) is 20.2. The molecule has 1 heterocycles. The van der Waals surface area contributed by atoms with Gasteiger partial charge in [-0.25, -0.2) is 14.8 Å². The first-order valence-corrected chi connectivity index (χ1v) is 9.60. The smallest absolute Gasteiger partial charge is 0.274 e. The summed E-state index contributed by atoms with van der Waals surface area (Å²) in [5.74, 6) is -0.119. The molecule has 8 heteroatoms. The van der Waals surface area contributed by atoms with Crippen LogP contribution in [0.2, 0.25) is 5.15 Å². The lowest BCUT2D eigenvalue weighted by atomic mass is 10.2. The fraction of sp³-hybridized carbons (Fsp3) is 0.0500. The van der Waals surface area contributed by atoms with Crippen molar-refractivity contribution >= 4 is 46.3 Å². The largest absolute Gasteiger partial charge is 0.488 e. The molecule has 1 aromatic heterocycles. The summed E-state index contributed by atoms with van der Waals surface area (Å²) in [4.78, 5) is 15.9. The molecule has 5 nitrogen and oxygen atoms in total. The standard InChI is InChI=1S/C20H14ClFIN3O2/c21-19-15(5-3-9-24-19)20(27)26-25-11-13-7-8-18(17(23)10-13)28-12-14-4-1-2-6-16(14)22/h1-11H,12H2,(H,26,27). The van der Waals surface area contributed by atoms with E-state index in [1.165, 1.54) is 18.5 Å². The van der Waals surface area contributed by atoms with Crippen molar-refractivity contribution in [3.63, 3.8) is 0 Å². The van der Waals surface area contributed by atoms with Gasteiger partial charge in [0.25, 0.3) is 5.91 Å². The number of amides is 1. The molecule has 1 amide bonds. The summed E-state index contributed by atoms with van der Waals surface area (Å²) in [6, 6.07) is 15.0. The fourth-order valence-corrected chi connectivity index (χ4v) is 3.17. The average molecular weight is 510 g/mol. The van der Waals surface area contributed by atoms with Crippen LogP contribution < -0.4 is 10.2 Å². The zero-order valence-corrected chi connectivity index (χ0v) is 17.3. The quantitative estimate of drug-likeness (QED) is 0.224. The topological polar surface area (TPSA) is 63.6 Å². The number of nitrogens with zero attached hydrogens (tertiary/aromatic N) is 2. The SMILES string of the molecule is O=C(NN=Cc1ccc(OCc2ccccc2F)c(I)c1)c1cccnc1Cl. The molecule has 0 saturated heterocycles. The van der Waals surface area contributed by atoms with Gasteiger partial charge >= 0.3 is 0 Å². The molecule has 3 aromatic rings. The van der Waals surface area contributed by atoms with Crippen LogP contribution in [0, 0.1) is 9.39 Å². The molecule has 142 valence electrons. The normalized spacial score (nSPS) is 10.8. The molecule has 0 spiro atoms. The number of hydrazone groups is 1. The van der Waals surface area contributed by atoms with E-state index in [2.05, 4.69) is 38.1 Å². The second kappa shape index (κ2) is 9.61. The Balaban J connectivity index is 1.61. The average Bonchev–Trinajstić information content (AvgIpc) is 2.69. The van der Waals surface area contributed by atoms with E-state index >= 15 is 0 Å². The lowest BCUT2D eigenvalue weighted by Crippen LogP contribution is -2.18. The molecule has 2 aromatic carbocycles. The lowest BCUT2D eigenvalue weighted by Gasteiger charge is -2.09. The van der Waals surface area contributed by atoms with Gasteiger partial charge in [-0.15, -0.1) is 0 Å². The van der Waals surface area contributed by atoms with Crippen molar-refractivity contribution in [1.82, 2.24) is 10.4 Å². The van der Waals surface area contributed by atoms with E-state index in [0.717, 1.165) is 9.13 Å². The summed E-state index contributed by atoms with van der Waals surface area (Å²) in [5, 5.41) is 4.04. The van der Waals surface area contributed by atoms with Gasteiger partial charge in [-0.2, -0.15) is 5.10 Å². The van der Waals surface area contributed by atoms with Crippen LogP contribution in [-0.2, 0) is 6.61 Å². The number of carbonyl (C=O) groups excluding carboxylic acids is 1. The molecule has 0 bridgehead atoms. The second-order valence-corrected chi connectivity index (χ2v) is 7.13. The zero-order valence-electron chi connectivity index (χ0n) is 14.4. The third-order valence-corrected chi connectivity index (χ3v) is 4.82. The van der Waals surface area contributed by atoms with Crippen LogP contribution in [0.5, 0.6) is 5.75 Å². The Bertz CT molecular complexity index is 1030. The van der Waals surface area contributed by atoms with E-state index in [4.69, 9.17) is 16.3 Å². The Kier molecular flexibility index (Phi) is 6.94. The van der Waals surface area contributed by atoms with E-state index in [1.807, 2.05) is 6.07 Å². The number of nitrogens with one attached hydrogen (secondary N) is 1. The summed E-state index contributed by atoms with van der Waals surface area (Å²) in [5.41, 5.74) is 3.90. The van der Waals surface area contributed by atoms with Gasteiger partial charge in [0.1, 0.15) is 23.3 Å². The van der Waals surface area contributed by atoms with Crippen LogP contribution in [0.4, 0.5) is 4.39 Å². The Morgan fingerprint density at radius 3 is 2.82 bits per heavy atom. The molecular weight excluding hydrogens is 496 g/mol. The van der Waals surface area contributed by atoms with Crippen LogP contribution >= 0.6 is 34.2 Å². The fourth-order valence-electron chi connectivity index (χ4n) is 2.27. The molecule has 0 saturated carbocycles. The highest BCUT2D eigenvalue weighted by molar-refractivity contribution is 14.1. The van der Waals surface area contributed by atoms with Gasteiger partial charge in [-0.05, 0) is 64.6 Å². The summed E-state index contributed by atoms with van der Waals surface area (Å²) < 4.78 is 20.2. The van der Waals surface area contributed by atoms with Gasteiger partial charge in [0.15, 0.2) is 0 Å². The van der Waals surface area contributed by atoms with Crippen LogP contribution in [-0.4, -0.2) is 17.1 Å². The van der Waals surface area contributed by atoms with Gasteiger partial charge in [-0.3, -0.25) is 4.79 Å². The summed E-state index contributed by atoms with van der Waals surface area (Å²) >= 11 is 8.00. The number of carbonyl (C=O) groups is 1. The molecule has 0 aliphatic heterocycles. The highest BCUT2D eigenvalue weighted by atomic mass is 127. The minimum absolute atomic E-state index is 0.112. The monoisotopic (exact) mass is 509 g/mol. The Labute approximate surface area is 179 Å². The van der Waals surface area contributed by atoms with Crippen molar-refractivity contribution < 1.29 is 13.9 Å². The summed E-state index contributed by atoms with van der Waals surface area (Å²) in [7, 11) is 0. The number of benzene rings is 2. The van der Waals surface area contributed by atoms with Crippen LogP contribution in [0.15, 0.2) is 65.9 Å². The molecule has 3 rings (SSSR count). The first-order valence-electron chi connectivity index (χ1n) is 8.14. The molecule has 0 atom stereocenters. The van der Waals surface area contributed by atoms with Crippen LogP contribution in [0.25, 0.3) is 0 Å². The predicted octanol–water partition coefficient (Wildman–Crippen LogP) is 4.82. The van der Waals surface area contributed by atoms with Crippen molar-refractivity contribution in [1.29, 1.82) is 0 Å². The van der Waals surface area contributed by atoms with Gasteiger partial charge < -0.3 is 4.74 Å². The van der Waals surface area contributed by atoms with Gasteiger partial charge in [0, 0.05) is 11.8 Å². The molecular formula is C20H14ClFIN3O2. The number of pyridine rings is 1. The lowest BCUT2D eigenvalue weighted by molar-refractivity contribution is 0.0955. The summed E-state index contributed by atoms with van der Waals surface area (Å²) in [6.45, 7) is 0.137. The third kappa shape index (κ3) is 5.26. The minimum Gasteiger partial charge on any atom is -0.488 e. The van der Waals surface area contributed by atoms with E-state index in [1.54, 1.807) is 42.5 Å². The maximum absolute atomic E-state index is 13.7. The third-order valence-electron chi connectivity index (χ3n) is 3.68. The van der Waals surface area contributed by atoms with Crippen molar-refractivity contribution in [3.8, 4) is 5.75 Å². The predicted molar refractivity (Wildman–Crippen MR) is 114 cm³/mol. The molecule has 28 heavy (non-hydrogen) atoms. The first-order chi connectivity index (χ1) is 13.5. The molecule has 0 radical (unpaired) electrons. The zero-order chi connectivity index (χ0) is 19.9. The van der Waals surface area contributed by atoms with Crippen molar-refractivity contribution in [3.05, 3.63) is 92.0 Å². The van der Waals surface area contributed by atoms with Gasteiger partial charge in [0.05, 0.1) is 15.3 Å². The van der Waals surface area contributed by atoms with Crippen molar-refractivity contribution in [2.75, 3.05) is 0 Å². The highest BCUT2D eigenvalue weighted by Crippen LogP contribution is 2.23. The van der Waals surface area contributed by atoms with E-state index < -0.39 is 5.91 Å². The molecule has 0 fully saturated rings. The Morgan fingerprint density at radius 1 is 1.25 bits per heavy atom. The van der Waals surface area contributed by atoms with Gasteiger partial charge in [0.2, 0.25) is 0 Å². The van der Waals surface area contributed by atoms with E-state index in [-0.39, 0.29) is 23.1 Å². The molecule has 0 aliphatic carbocycles. The van der Waals surface area contributed by atoms with Gasteiger partial charge in [-0.1, -0.05) is 29.8 Å². The second-order valence-electron chi connectivity index (χ2n) is 5.61. The van der Waals surface area contributed by atoms with Crippen molar-refractivity contribution in [2.24, 2.45) is 5.10 Å². The molecule has 0 aliphatic rings. The number of hydrogen-bond acceptors (Lipinski definition) is 4. The maximum Gasteiger partial charge on any atom is 0.274 e. The van der Waals surface area contributed by atoms with Crippen molar-refractivity contribution in [2.45, 2.75) is 6.61 Å². The Hall–Kier alpha value is -2.52. The molecule has 0 unspecified atom stereocenters. The number of halogens is 3. The molecule has 1 N–H and O–H groups in total. The van der Waals surface area contributed by atoms with Crippen LogP contribution in [0.1, 0.15) is 21.5 Å². The number of ether oxygens (including phenoxy) is 1. The number of hydrogen-bond donors (Lipinski definition) is 1.